The van der Waals surface area contributed by atoms with Crippen molar-refractivity contribution in [2.45, 2.75) is 44.5 Å². The molecule has 1 aromatic heterocycles. The lowest BCUT2D eigenvalue weighted by molar-refractivity contribution is -0.137. The largest absolute Gasteiger partial charge is 0.504 e. The molecule has 3 rings (SSSR count). The number of methoxy groups -OCH3 is 1. The summed E-state index contributed by atoms with van der Waals surface area (Å²) in [5.74, 6) is 0.453. The summed E-state index contributed by atoms with van der Waals surface area (Å²) < 4.78 is 49.9. The number of anilines is 1. The summed E-state index contributed by atoms with van der Waals surface area (Å²) in [7, 11) is 1.54. The van der Waals surface area contributed by atoms with Gasteiger partial charge in [0.1, 0.15) is 0 Å². The summed E-state index contributed by atoms with van der Waals surface area (Å²) in [5, 5.41) is 13.7. The summed E-state index contributed by atoms with van der Waals surface area (Å²) in [6.45, 7) is 1.82. The van der Waals surface area contributed by atoms with Crippen molar-refractivity contribution in [3.63, 3.8) is 0 Å². The smallest absolute Gasteiger partial charge is 0.416 e. The molecular weight excluding hydrogens is 335 g/mol. The van der Waals surface area contributed by atoms with E-state index in [-0.39, 0.29) is 29.0 Å². The lowest BCUT2D eigenvalue weighted by Crippen LogP contribution is -2.07. The van der Waals surface area contributed by atoms with E-state index in [1.54, 1.807) is 7.11 Å². The maximum absolute atomic E-state index is 13.0. The Morgan fingerprint density at radius 3 is 2.68 bits per heavy atom. The van der Waals surface area contributed by atoms with Crippen molar-refractivity contribution in [3.05, 3.63) is 35.6 Å². The Labute approximate surface area is 143 Å². The molecule has 2 N–H and O–H groups in total. The van der Waals surface area contributed by atoms with E-state index in [0.717, 1.165) is 25.0 Å². The Morgan fingerprint density at radius 2 is 2.08 bits per heavy atom. The molecule has 1 atom stereocenters. The molecule has 0 amide bonds. The molecule has 0 bridgehead atoms. The van der Waals surface area contributed by atoms with E-state index in [4.69, 9.17) is 9.15 Å². The highest BCUT2D eigenvalue weighted by Crippen LogP contribution is 2.45. The number of ether oxygens (including phenoxy) is 1. The number of rotatable bonds is 6. The zero-order valence-electron chi connectivity index (χ0n) is 14.0. The Hall–Kier alpha value is -2.15. The van der Waals surface area contributed by atoms with E-state index >= 15 is 0 Å². The number of hydrogen-bond donors (Lipinski definition) is 2. The quantitative estimate of drug-likeness (QED) is 0.780. The minimum absolute atomic E-state index is 0.147. The number of hydrogen-bond acceptors (Lipinski definition) is 4. The molecule has 0 spiro atoms. The van der Waals surface area contributed by atoms with E-state index in [9.17, 15) is 18.3 Å². The molecule has 0 saturated heterocycles. The number of furan rings is 1. The van der Waals surface area contributed by atoms with Crippen LogP contribution in [-0.4, -0.2) is 24.4 Å². The van der Waals surface area contributed by atoms with Gasteiger partial charge >= 0.3 is 6.18 Å². The van der Waals surface area contributed by atoms with Gasteiger partial charge in [0, 0.05) is 19.6 Å². The molecule has 7 heteroatoms. The van der Waals surface area contributed by atoms with Crippen LogP contribution in [0, 0.1) is 0 Å². The summed E-state index contributed by atoms with van der Waals surface area (Å²) in [4.78, 5) is 0. The molecule has 1 aliphatic carbocycles. The van der Waals surface area contributed by atoms with Gasteiger partial charge in [0.05, 0.1) is 17.2 Å². The van der Waals surface area contributed by atoms with Gasteiger partial charge in [-0.3, -0.25) is 0 Å². The van der Waals surface area contributed by atoms with Crippen LogP contribution in [0.1, 0.15) is 31.1 Å². The maximum atomic E-state index is 13.0. The minimum Gasteiger partial charge on any atom is -0.504 e. The van der Waals surface area contributed by atoms with Crippen LogP contribution in [0.2, 0.25) is 0 Å². The molecule has 1 aromatic carbocycles. The molecule has 1 heterocycles. The van der Waals surface area contributed by atoms with E-state index in [2.05, 4.69) is 5.32 Å². The van der Waals surface area contributed by atoms with Crippen molar-refractivity contribution in [2.75, 3.05) is 12.4 Å². The molecule has 2 aromatic rings. The average Bonchev–Trinajstić information content (AvgIpc) is 3.32. The Bertz CT molecular complexity index is 751. The second-order valence-corrected chi connectivity index (χ2v) is 6.33. The lowest BCUT2D eigenvalue weighted by atomic mass is 10.0. The van der Waals surface area contributed by atoms with Crippen LogP contribution in [0.25, 0.3) is 11.1 Å². The third kappa shape index (κ3) is 3.92. The predicted molar refractivity (Wildman–Crippen MR) is 87.6 cm³/mol. The van der Waals surface area contributed by atoms with E-state index in [0.29, 0.717) is 18.1 Å². The normalized spacial score (nSPS) is 16.0. The molecule has 4 nitrogen and oxygen atoms in total. The Morgan fingerprint density at radius 1 is 1.36 bits per heavy atom. The molecule has 1 aliphatic rings. The van der Waals surface area contributed by atoms with Crippen LogP contribution in [0.15, 0.2) is 28.7 Å². The highest BCUT2D eigenvalue weighted by Gasteiger charge is 2.32. The van der Waals surface area contributed by atoms with Crippen molar-refractivity contribution in [2.24, 2.45) is 0 Å². The minimum atomic E-state index is -4.45. The van der Waals surface area contributed by atoms with E-state index < -0.39 is 11.7 Å². The van der Waals surface area contributed by atoms with E-state index in [1.807, 2.05) is 6.92 Å². The average molecular weight is 355 g/mol. The second-order valence-electron chi connectivity index (χ2n) is 6.33. The van der Waals surface area contributed by atoms with Crippen LogP contribution in [-0.2, 0) is 17.3 Å². The highest BCUT2D eigenvalue weighted by atomic mass is 19.4. The van der Waals surface area contributed by atoms with Gasteiger partial charge in [-0.05, 0) is 37.5 Å². The highest BCUT2D eigenvalue weighted by molar-refractivity contribution is 5.82. The number of halogens is 3. The first kappa shape index (κ1) is 17.7. The first-order chi connectivity index (χ1) is 11.8. The molecule has 1 fully saturated rings. The van der Waals surface area contributed by atoms with Gasteiger partial charge in [-0.15, -0.1) is 0 Å². The van der Waals surface area contributed by atoms with Crippen LogP contribution >= 0.6 is 0 Å². The van der Waals surface area contributed by atoms with Gasteiger partial charge in [0.25, 0.3) is 0 Å². The molecule has 1 saturated carbocycles. The van der Waals surface area contributed by atoms with Crippen molar-refractivity contribution in [3.8, 4) is 16.9 Å². The SMILES string of the molecule is COC(C)Cc1oc(NC2CC2)c(-c2cccc(C(F)(F)F)c2)c1O. The topological polar surface area (TPSA) is 54.6 Å². The fraction of sp³-hybridized carbons (Fsp3) is 0.444. The molecule has 0 radical (unpaired) electrons. The fourth-order valence-corrected chi connectivity index (χ4v) is 2.59. The summed E-state index contributed by atoms with van der Waals surface area (Å²) in [6.07, 6.45) is -2.39. The van der Waals surface area contributed by atoms with Gasteiger partial charge in [0.15, 0.2) is 11.5 Å². The zero-order valence-corrected chi connectivity index (χ0v) is 14.0. The lowest BCUT2D eigenvalue weighted by Gasteiger charge is -2.10. The third-order valence-corrected chi connectivity index (χ3v) is 4.22. The zero-order chi connectivity index (χ0) is 18.2. The number of alkyl halides is 3. The number of aromatic hydroxyl groups is 1. The first-order valence-electron chi connectivity index (χ1n) is 8.11. The van der Waals surface area contributed by atoms with Gasteiger partial charge in [-0.2, -0.15) is 13.2 Å². The number of nitrogens with one attached hydrogen (secondary N) is 1. The fourth-order valence-electron chi connectivity index (χ4n) is 2.59. The summed E-state index contributed by atoms with van der Waals surface area (Å²) in [5.41, 5.74) is -0.248. The summed E-state index contributed by atoms with van der Waals surface area (Å²) in [6, 6.07) is 5.10. The van der Waals surface area contributed by atoms with Crippen molar-refractivity contribution in [1.29, 1.82) is 0 Å². The molecule has 1 unspecified atom stereocenters. The second kappa shape index (κ2) is 6.63. The van der Waals surface area contributed by atoms with Crippen molar-refractivity contribution in [1.82, 2.24) is 0 Å². The first-order valence-corrected chi connectivity index (χ1v) is 8.11. The van der Waals surface area contributed by atoms with Crippen LogP contribution < -0.4 is 5.32 Å². The predicted octanol–water partition coefficient (Wildman–Crippen LogP) is 4.82. The van der Waals surface area contributed by atoms with Gasteiger partial charge < -0.3 is 19.6 Å². The summed E-state index contributed by atoms with van der Waals surface area (Å²) >= 11 is 0. The molecular formula is C18H20F3NO3. The third-order valence-electron chi connectivity index (χ3n) is 4.22. The van der Waals surface area contributed by atoms with Crippen molar-refractivity contribution < 1.29 is 27.4 Å². The Balaban J connectivity index is 2.04. The molecule has 25 heavy (non-hydrogen) atoms. The van der Waals surface area contributed by atoms with Gasteiger partial charge in [-0.25, -0.2) is 0 Å². The van der Waals surface area contributed by atoms with E-state index in [1.165, 1.54) is 12.1 Å². The molecule has 136 valence electrons. The monoisotopic (exact) mass is 355 g/mol. The standard InChI is InChI=1S/C18H20F3NO3/c1-10(24-2)8-14-16(23)15(17(25-14)22-13-6-7-13)11-4-3-5-12(9-11)18(19,20)21/h3-5,9-10,13,22-23H,6-8H2,1-2H3. The van der Waals surface area contributed by atoms with Gasteiger partial charge in [-0.1, -0.05) is 12.1 Å². The maximum Gasteiger partial charge on any atom is 0.416 e. The number of benzene rings is 1. The Kier molecular flexibility index (Phi) is 4.69. The van der Waals surface area contributed by atoms with Crippen LogP contribution in [0.3, 0.4) is 0 Å². The van der Waals surface area contributed by atoms with Crippen molar-refractivity contribution >= 4 is 5.88 Å². The molecule has 0 aliphatic heterocycles. The van der Waals surface area contributed by atoms with Crippen LogP contribution in [0.4, 0.5) is 19.1 Å². The van der Waals surface area contributed by atoms with Gasteiger partial charge in [0.2, 0.25) is 5.88 Å². The van der Waals surface area contributed by atoms with Crippen LogP contribution in [0.5, 0.6) is 5.75 Å².